The van der Waals surface area contributed by atoms with Crippen LogP contribution in [0, 0.1) is 12.5 Å². The standard InChI is InChI=1S/C30H30F3N7O/c1-19-6-5-9-39(15-19)16-20-10-25(30(31,32)33)26-35-14-24(27(41)40(26)17-20)21-7-4-8-22(11-21)29(12-23(13-29)34-2)28-37-36-18-38(28)3/h4,7-8,10-11,14,17-19,23H,5-6,9,12-13,15-16H2,1,3H3/t19-,23?,29?/m0/s1. The molecule has 0 spiro atoms. The van der Waals surface area contributed by atoms with Gasteiger partial charge < -0.3 is 9.41 Å². The number of hydrogen-bond donors (Lipinski definition) is 0. The molecule has 41 heavy (non-hydrogen) atoms. The van der Waals surface area contributed by atoms with E-state index in [0.717, 1.165) is 47.8 Å². The van der Waals surface area contributed by atoms with Gasteiger partial charge in [-0.2, -0.15) is 13.2 Å². The molecule has 1 atom stereocenters. The zero-order valence-corrected chi connectivity index (χ0v) is 22.9. The van der Waals surface area contributed by atoms with Gasteiger partial charge in [0.25, 0.3) is 5.56 Å². The molecule has 1 saturated carbocycles. The third-order valence-corrected chi connectivity index (χ3v) is 8.53. The Morgan fingerprint density at radius 2 is 2.02 bits per heavy atom. The van der Waals surface area contributed by atoms with Crippen molar-refractivity contribution in [2.75, 3.05) is 13.1 Å². The SMILES string of the molecule is [C-]#[N+]C1CC(c2cccc(-c3cnc4c(C(F)(F)F)cc(CN5CCC[C@H](C)C5)cn4c3=O)c2)(c2nncn2C)C1. The van der Waals surface area contributed by atoms with Crippen molar-refractivity contribution in [1.29, 1.82) is 0 Å². The zero-order valence-electron chi connectivity index (χ0n) is 22.9. The molecule has 8 nitrogen and oxygen atoms in total. The zero-order chi connectivity index (χ0) is 28.9. The van der Waals surface area contributed by atoms with E-state index in [1.165, 1.54) is 12.4 Å². The lowest BCUT2D eigenvalue weighted by Gasteiger charge is -2.41. The van der Waals surface area contributed by atoms with E-state index in [2.05, 4.69) is 31.9 Å². The molecule has 0 bridgehead atoms. The summed E-state index contributed by atoms with van der Waals surface area (Å²) in [5.74, 6) is 1.20. The van der Waals surface area contributed by atoms with Gasteiger partial charge >= 0.3 is 6.18 Å². The highest BCUT2D eigenvalue weighted by Gasteiger charge is 2.53. The van der Waals surface area contributed by atoms with E-state index in [-0.39, 0.29) is 11.6 Å². The molecule has 0 N–H and O–H groups in total. The van der Waals surface area contributed by atoms with Crippen molar-refractivity contribution in [3.63, 3.8) is 0 Å². The Morgan fingerprint density at radius 3 is 2.71 bits per heavy atom. The second-order valence-corrected chi connectivity index (χ2v) is 11.5. The minimum Gasteiger partial charge on any atom is -0.320 e. The smallest absolute Gasteiger partial charge is 0.320 e. The third kappa shape index (κ3) is 4.80. The van der Waals surface area contributed by atoms with Crippen LogP contribution in [0.5, 0.6) is 0 Å². The number of fused-ring (bicyclic) bond motifs is 1. The third-order valence-electron chi connectivity index (χ3n) is 8.53. The second-order valence-electron chi connectivity index (χ2n) is 11.5. The van der Waals surface area contributed by atoms with Crippen LogP contribution in [0.15, 0.2) is 53.8 Å². The van der Waals surface area contributed by atoms with E-state index in [9.17, 15) is 18.0 Å². The maximum Gasteiger partial charge on any atom is 0.419 e. The summed E-state index contributed by atoms with van der Waals surface area (Å²) in [6.45, 7) is 11.6. The molecule has 1 saturated heterocycles. The highest BCUT2D eigenvalue weighted by atomic mass is 19.4. The lowest BCUT2D eigenvalue weighted by atomic mass is 9.61. The van der Waals surface area contributed by atoms with E-state index >= 15 is 0 Å². The summed E-state index contributed by atoms with van der Waals surface area (Å²) in [5.41, 5.74) is -0.382. The maximum atomic E-state index is 14.1. The molecule has 11 heteroatoms. The van der Waals surface area contributed by atoms with Gasteiger partial charge in [0.05, 0.1) is 16.5 Å². The number of likely N-dealkylation sites (tertiary alicyclic amines) is 1. The fourth-order valence-electron chi connectivity index (χ4n) is 6.51. The second kappa shape index (κ2) is 10.1. The first-order chi connectivity index (χ1) is 19.6. The van der Waals surface area contributed by atoms with Crippen molar-refractivity contribution in [1.82, 2.24) is 29.0 Å². The van der Waals surface area contributed by atoms with Crippen molar-refractivity contribution >= 4 is 5.65 Å². The molecule has 0 unspecified atom stereocenters. The average Bonchev–Trinajstić information content (AvgIpc) is 3.34. The van der Waals surface area contributed by atoms with Crippen molar-refractivity contribution in [2.24, 2.45) is 13.0 Å². The first-order valence-corrected chi connectivity index (χ1v) is 13.7. The Morgan fingerprint density at radius 1 is 1.22 bits per heavy atom. The number of alkyl halides is 3. The molecular weight excluding hydrogens is 531 g/mol. The van der Waals surface area contributed by atoms with Gasteiger partial charge in [-0.25, -0.2) is 11.6 Å². The van der Waals surface area contributed by atoms with Crippen LogP contribution < -0.4 is 5.56 Å². The number of nitrogens with zero attached hydrogens (tertiary/aromatic N) is 7. The van der Waals surface area contributed by atoms with Gasteiger partial charge in [0.2, 0.25) is 6.04 Å². The normalized spacial score (nSPS) is 23.3. The molecule has 1 aromatic carbocycles. The predicted molar refractivity (Wildman–Crippen MR) is 147 cm³/mol. The molecule has 0 amide bonds. The molecule has 4 aromatic rings. The minimum atomic E-state index is -4.66. The predicted octanol–water partition coefficient (Wildman–Crippen LogP) is 5.11. The fourth-order valence-corrected chi connectivity index (χ4v) is 6.51. The van der Waals surface area contributed by atoms with E-state index < -0.39 is 28.4 Å². The van der Waals surface area contributed by atoms with Crippen molar-refractivity contribution in [2.45, 2.75) is 56.8 Å². The van der Waals surface area contributed by atoms with Crippen LogP contribution in [0.1, 0.15) is 55.1 Å². The molecule has 2 fully saturated rings. The number of hydrogen-bond acceptors (Lipinski definition) is 5. The fraction of sp³-hybridized carbons (Fsp3) is 0.433. The first-order valence-electron chi connectivity index (χ1n) is 13.7. The average molecular weight is 562 g/mol. The Labute approximate surface area is 235 Å². The van der Waals surface area contributed by atoms with Gasteiger partial charge in [-0.15, -0.1) is 10.2 Å². The maximum absolute atomic E-state index is 14.1. The van der Waals surface area contributed by atoms with Gasteiger partial charge in [0.15, 0.2) is 5.65 Å². The number of aryl methyl sites for hydroxylation is 1. The minimum absolute atomic E-state index is 0.148. The summed E-state index contributed by atoms with van der Waals surface area (Å²) in [5, 5.41) is 8.37. The number of benzene rings is 1. The number of piperidine rings is 1. The van der Waals surface area contributed by atoms with Gasteiger partial charge in [0.1, 0.15) is 12.2 Å². The molecule has 4 heterocycles. The first kappa shape index (κ1) is 27.1. The summed E-state index contributed by atoms with van der Waals surface area (Å²) in [6.07, 6.45) is 2.91. The highest BCUT2D eigenvalue weighted by Crippen LogP contribution is 2.50. The van der Waals surface area contributed by atoms with E-state index in [1.807, 2.05) is 29.8 Å². The molecule has 212 valence electrons. The van der Waals surface area contributed by atoms with Crippen molar-refractivity contribution < 1.29 is 13.2 Å². The Balaban J connectivity index is 1.44. The van der Waals surface area contributed by atoms with Crippen LogP contribution in [0.2, 0.25) is 0 Å². The van der Waals surface area contributed by atoms with Crippen LogP contribution in [-0.2, 0) is 25.2 Å². The number of pyridine rings is 1. The largest absolute Gasteiger partial charge is 0.419 e. The molecule has 2 aliphatic rings. The van der Waals surface area contributed by atoms with Crippen LogP contribution >= 0.6 is 0 Å². The Bertz CT molecular complexity index is 1710. The van der Waals surface area contributed by atoms with E-state index in [4.69, 9.17) is 6.57 Å². The summed E-state index contributed by atoms with van der Waals surface area (Å²) < 4.78 is 45.3. The number of halogens is 3. The lowest BCUT2D eigenvalue weighted by molar-refractivity contribution is -0.136. The van der Waals surface area contributed by atoms with Crippen LogP contribution in [0.25, 0.3) is 21.6 Å². The van der Waals surface area contributed by atoms with Crippen molar-refractivity contribution in [3.8, 4) is 11.1 Å². The molecule has 1 aliphatic heterocycles. The molecule has 0 radical (unpaired) electrons. The van der Waals surface area contributed by atoms with Crippen LogP contribution in [0.4, 0.5) is 13.2 Å². The monoisotopic (exact) mass is 561 g/mol. The summed E-state index contributed by atoms with van der Waals surface area (Å²) >= 11 is 0. The van der Waals surface area contributed by atoms with Gasteiger partial charge in [-0.3, -0.25) is 14.1 Å². The van der Waals surface area contributed by atoms with Gasteiger partial charge in [0, 0.05) is 45.4 Å². The summed E-state index contributed by atoms with van der Waals surface area (Å²) in [4.78, 5) is 23.8. The van der Waals surface area contributed by atoms with Crippen LogP contribution in [-0.4, -0.2) is 48.2 Å². The Hall–Kier alpha value is -4.04. The topological polar surface area (TPSA) is 72.7 Å². The van der Waals surface area contributed by atoms with Gasteiger partial charge in [-0.1, -0.05) is 25.1 Å². The van der Waals surface area contributed by atoms with Crippen molar-refractivity contribution in [3.05, 3.63) is 93.3 Å². The quantitative estimate of drug-likeness (QED) is 0.317. The molecule has 3 aromatic heterocycles. The number of aromatic nitrogens is 5. The van der Waals surface area contributed by atoms with Crippen LogP contribution in [0.3, 0.4) is 0 Å². The summed E-state index contributed by atoms with van der Waals surface area (Å²) in [7, 11) is 1.85. The molecule has 1 aliphatic carbocycles. The lowest BCUT2D eigenvalue weighted by Crippen LogP contribution is -2.46. The van der Waals surface area contributed by atoms with Gasteiger partial charge in [-0.05, 0) is 54.1 Å². The van der Waals surface area contributed by atoms with E-state index in [0.29, 0.717) is 36.4 Å². The number of rotatable bonds is 5. The molecular formula is C30H30F3N7O. The molecule has 6 rings (SSSR count). The van der Waals surface area contributed by atoms with E-state index in [1.54, 1.807) is 12.4 Å². The Kier molecular flexibility index (Phi) is 6.69. The summed E-state index contributed by atoms with van der Waals surface area (Å²) in [6, 6.07) is 8.35. The highest BCUT2D eigenvalue weighted by molar-refractivity contribution is 5.66.